The molecular formula is C22H24N4O2. The van der Waals surface area contributed by atoms with Gasteiger partial charge >= 0.3 is 0 Å². The Hall–Kier alpha value is -3.30. The smallest absolute Gasteiger partial charge is 0.244 e. The van der Waals surface area contributed by atoms with Gasteiger partial charge in [-0.1, -0.05) is 18.2 Å². The van der Waals surface area contributed by atoms with E-state index in [9.17, 15) is 4.79 Å². The number of carbonyl (C=O) groups is 1. The molecule has 0 saturated carbocycles. The van der Waals surface area contributed by atoms with Crippen LogP contribution in [-0.4, -0.2) is 36.0 Å². The summed E-state index contributed by atoms with van der Waals surface area (Å²) in [4.78, 5) is 14.3. The fraction of sp³-hybridized carbons (Fsp3) is 0.273. The van der Waals surface area contributed by atoms with E-state index in [1.807, 2.05) is 67.7 Å². The minimum Gasteiger partial charge on any atom is -0.468 e. The number of rotatable bonds is 8. The van der Waals surface area contributed by atoms with Gasteiger partial charge in [0.05, 0.1) is 24.8 Å². The molecule has 0 aliphatic rings. The minimum atomic E-state index is -0.160. The largest absolute Gasteiger partial charge is 0.468 e. The number of amides is 1. The Morgan fingerprint density at radius 3 is 2.86 bits per heavy atom. The highest BCUT2D eigenvalue weighted by atomic mass is 16.3. The molecule has 0 saturated heterocycles. The van der Waals surface area contributed by atoms with Crippen LogP contribution in [0.15, 0.2) is 59.4 Å². The lowest BCUT2D eigenvalue weighted by atomic mass is 10.1. The first-order chi connectivity index (χ1) is 13.6. The second-order valence-electron chi connectivity index (χ2n) is 6.78. The van der Waals surface area contributed by atoms with E-state index >= 15 is 0 Å². The van der Waals surface area contributed by atoms with Gasteiger partial charge in [-0.05, 0) is 38.4 Å². The maximum atomic E-state index is 12.3. The number of hydrogen-bond acceptors (Lipinski definition) is 4. The SMILES string of the molecule is CN(C)C(CNC(=O)/C=C/c1cn(CCC#N)c2ccccc12)c1ccco1. The monoisotopic (exact) mass is 376 g/mol. The third-order valence-corrected chi connectivity index (χ3v) is 4.66. The predicted octanol–water partition coefficient (Wildman–Crippen LogP) is 3.58. The van der Waals surface area contributed by atoms with Gasteiger partial charge in [-0.2, -0.15) is 5.26 Å². The average molecular weight is 376 g/mol. The average Bonchev–Trinajstić information content (AvgIpc) is 3.33. The van der Waals surface area contributed by atoms with Crippen molar-refractivity contribution in [3.05, 3.63) is 66.3 Å². The molecule has 1 amide bonds. The fourth-order valence-corrected chi connectivity index (χ4v) is 3.20. The molecule has 3 rings (SSSR count). The Bertz CT molecular complexity index is 993. The zero-order valence-corrected chi connectivity index (χ0v) is 16.1. The van der Waals surface area contributed by atoms with E-state index in [4.69, 9.17) is 9.68 Å². The molecule has 2 aromatic heterocycles. The number of likely N-dealkylation sites (N-methyl/N-ethyl adjacent to an activating group) is 1. The van der Waals surface area contributed by atoms with Gasteiger partial charge in [0.1, 0.15) is 5.76 Å². The zero-order chi connectivity index (χ0) is 19.9. The van der Waals surface area contributed by atoms with Gasteiger partial charge in [-0.15, -0.1) is 0 Å². The van der Waals surface area contributed by atoms with Crippen LogP contribution in [0.25, 0.3) is 17.0 Å². The number of nitriles is 1. The third kappa shape index (κ3) is 4.51. The third-order valence-electron chi connectivity index (χ3n) is 4.66. The number of aryl methyl sites for hydroxylation is 1. The highest BCUT2D eigenvalue weighted by molar-refractivity contribution is 5.96. The van der Waals surface area contributed by atoms with Gasteiger partial charge in [0.2, 0.25) is 5.91 Å². The number of nitrogens with zero attached hydrogens (tertiary/aromatic N) is 3. The van der Waals surface area contributed by atoms with Crippen molar-refractivity contribution in [3.8, 4) is 6.07 Å². The topological polar surface area (TPSA) is 74.2 Å². The number of benzene rings is 1. The van der Waals surface area contributed by atoms with Crippen LogP contribution in [0.5, 0.6) is 0 Å². The van der Waals surface area contributed by atoms with Gasteiger partial charge in [0, 0.05) is 41.8 Å². The molecule has 144 valence electrons. The molecule has 0 fully saturated rings. The molecular weight excluding hydrogens is 352 g/mol. The molecule has 0 bridgehead atoms. The summed E-state index contributed by atoms with van der Waals surface area (Å²) in [5, 5.41) is 12.8. The number of nitrogens with one attached hydrogen (secondary N) is 1. The van der Waals surface area contributed by atoms with Gasteiger partial charge in [0.25, 0.3) is 0 Å². The number of carbonyl (C=O) groups excluding carboxylic acids is 1. The van der Waals surface area contributed by atoms with Crippen LogP contribution >= 0.6 is 0 Å². The Morgan fingerprint density at radius 2 is 2.14 bits per heavy atom. The molecule has 1 atom stereocenters. The molecule has 0 aliphatic heterocycles. The lowest BCUT2D eigenvalue weighted by Gasteiger charge is -2.22. The number of para-hydroxylation sites is 1. The number of aromatic nitrogens is 1. The first-order valence-corrected chi connectivity index (χ1v) is 9.20. The van der Waals surface area contributed by atoms with Crippen LogP contribution in [0.3, 0.4) is 0 Å². The van der Waals surface area contributed by atoms with Gasteiger partial charge in [0.15, 0.2) is 0 Å². The van der Waals surface area contributed by atoms with E-state index in [0.29, 0.717) is 19.5 Å². The quantitative estimate of drug-likeness (QED) is 0.610. The second kappa shape index (κ2) is 9.07. The van der Waals surface area contributed by atoms with Crippen LogP contribution in [0.1, 0.15) is 23.8 Å². The first kappa shape index (κ1) is 19.5. The van der Waals surface area contributed by atoms with E-state index in [2.05, 4.69) is 16.0 Å². The van der Waals surface area contributed by atoms with Crippen molar-refractivity contribution in [2.45, 2.75) is 19.0 Å². The zero-order valence-electron chi connectivity index (χ0n) is 16.1. The molecule has 1 aromatic carbocycles. The minimum absolute atomic E-state index is 0.0276. The summed E-state index contributed by atoms with van der Waals surface area (Å²) in [6.07, 6.45) is 7.43. The Morgan fingerprint density at radius 1 is 1.32 bits per heavy atom. The second-order valence-corrected chi connectivity index (χ2v) is 6.78. The van der Waals surface area contributed by atoms with Crippen molar-refractivity contribution in [1.29, 1.82) is 5.26 Å². The summed E-state index contributed by atoms with van der Waals surface area (Å²) >= 11 is 0. The van der Waals surface area contributed by atoms with Gasteiger partial charge < -0.3 is 14.3 Å². The van der Waals surface area contributed by atoms with Crippen LogP contribution in [0.2, 0.25) is 0 Å². The normalized spacial score (nSPS) is 12.5. The molecule has 28 heavy (non-hydrogen) atoms. The molecule has 1 N–H and O–H groups in total. The summed E-state index contributed by atoms with van der Waals surface area (Å²) < 4.78 is 7.52. The molecule has 0 aliphatic carbocycles. The molecule has 0 spiro atoms. The van der Waals surface area contributed by atoms with Crippen molar-refractivity contribution in [2.24, 2.45) is 0 Å². The Balaban J connectivity index is 1.69. The molecule has 6 nitrogen and oxygen atoms in total. The van der Waals surface area contributed by atoms with E-state index in [1.165, 1.54) is 0 Å². The molecule has 6 heteroatoms. The molecule has 3 aromatic rings. The standard InChI is InChI=1S/C22H24N4O2/c1-25(2)20(21-9-5-14-28-21)15-24-22(27)11-10-17-16-26(13-6-12-23)19-8-4-3-7-18(17)19/h3-5,7-11,14,16,20H,6,13,15H2,1-2H3,(H,24,27)/b11-10+. The van der Waals surface area contributed by atoms with Crippen LogP contribution in [0.4, 0.5) is 0 Å². The Labute approximate surface area is 164 Å². The summed E-state index contributed by atoms with van der Waals surface area (Å²) in [5.74, 6) is 0.655. The fourth-order valence-electron chi connectivity index (χ4n) is 3.20. The Kier molecular flexibility index (Phi) is 6.30. The van der Waals surface area contributed by atoms with E-state index in [1.54, 1.807) is 12.3 Å². The van der Waals surface area contributed by atoms with E-state index in [-0.39, 0.29) is 11.9 Å². The lowest BCUT2D eigenvalue weighted by molar-refractivity contribution is -0.116. The summed E-state index contributed by atoms with van der Waals surface area (Å²) in [6.45, 7) is 1.08. The summed E-state index contributed by atoms with van der Waals surface area (Å²) in [7, 11) is 3.90. The maximum absolute atomic E-state index is 12.3. The van der Waals surface area contributed by atoms with Crippen molar-refractivity contribution in [3.63, 3.8) is 0 Å². The van der Waals surface area contributed by atoms with Gasteiger partial charge in [-0.25, -0.2) is 0 Å². The van der Waals surface area contributed by atoms with Crippen molar-refractivity contribution >= 4 is 22.9 Å². The van der Waals surface area contributed by atoms with Crippen LogP contribution < -0.4 is 5.32 Å². The molecule has 2 heterocycles. The van der Waals surface area contributed by atoms with Gasteiger partial charge in [-0.3, -0.25) is 9.69 Å². The highest BCUT2D eigenvalue weighted by Gasteiger charge is 2.17. The van der Waals surface area contributed by atoms with Crippen molar-refractivity contribution in [1.82, 2.24) is 14.8 Å². The highest BCUT2D eigenvalue weighted by Crippen LogP contribution is 2.23. The van der Waals surface area contributed by atoms with Crippen molar-refractivity contribution in [2.75, 3.05) is 20.6 Å². The summed E-state index contributed by atoms with van der Waals surface area (Å²) in [6, 6.07) is 13.9. The molecule has 1 unspecified atom stereocenters. The predicted molar refractivity (Wildman–Crippen MR) is 109 cm³/mol. The number of fused-ring (bicyclic) bond motifs is 1. The summed E-state index contributed by atoms with van der Waals surface area (Å²) in [5.41, 5.74) is 2.02. The maximum Gasteiger partial charge on any atom is 0.244 e. The van der Waals surface area contributed by atoms with Crippen LogP contribution in [0, 0.1) is 11.3 Å². The lowest BCUT2D eigenvalue weighted by Crippen LogP contribution is -2.33. The number of furan rings is 1. The molecule has 0 radical (unpaired) electrons. The number of hydrogen-bond donors (Lipinski definition) is 1. The first-order valence-electron chi connectivity index (χ1n) is 9.20. The van der Waals surface area contributed by atoms with Crippen molar-refractivity contribution < 1.29 is 9.21 Å². The van der Waals surface area contributed by atoms with E-state index in [0.717, 1.165) is 22.2 Å². The van der Waals surface area contributed by atoms with Crippen LogP contribution in [-0.2, 0) is 11.3 Å². The van der Waals surface area contributed by atoms with E-state index < -0.39 is 0 Å².